The molecule has 0 saturated carbocycles. The van der Waals surface area contributed by atoms with Crippen molar-refractivity contribution in [3.05, 3.63) is 33.6 Å². The monoisotopic (exact) mass is 265 g/mol. The van der Waals surface area contributed by atoms with E-state index in [-0.39, 0.29) is 16.7 Å². The van der Waals surface area contributed by atoms with E-state index in [1.54, 1.807) is 12.1 Å². The number of aromatic nitrogens is 1. The summed E-state index contributed by atoms with van der Waals surface area (Å²) in [6.07, 6.45) is 1.64. The van der Waals surface area contributed by atoms with E-state index in [1.165, 1.54) is 0 Å². The fourth-order valence-electron chi connectivity index (χ4n) is 2.00. The highest BCUT2D eigenvalue weighted by Crippen LogP contribution is 2.20. The number of nitro groups is 1. The molecule has 5 heteroatoms. The van der Waals surface area contributed by atoms with Crippen LogP contribution in [0.4, 0.5) is 5.69 Å². The maximum Gasteiger partial charge on any atom is 0.290 e. The average Bonchev–Trinajstić information content (AvgIpc) is 2.33. The molecule has 1 heterocycles. The zero-order valence-electron chi connectivity index (χ0n) is 12.1. The molecule has 1 aromatic rings. The molecule has 1 atom stereocenters. The second kappa shape index (κ2) is 7.19. The van der Waals surface area contributed by atoms with Crippen molar-refractivity contribution < 1.29 is 4.92 Å². The second-order valence-electron chi connectivity index (χ2n) is 5.18. The van der Waals surface area contributed by atoms with Gasteiger partial charge in [-0.15, -0.1) is 0 Å². The molecule has 0 aliphatic rings. The van der Waals surface area contributed by atoms with E-state index in [0.29, 0.717) is 18.0 Å². The lowest BCUT2D eigenvalue weighted by Gasteiger charge is -2.22. The van der Waals surface area contributed by atoms with Gasteiger partial charge in [0.15, 0.2) is 0 Å². The molecule has 1 aromatic heterocycles. The number of hydrogen-bond acceptors (Lipinski definition) is 4. The van der Waals surface area contributed by atoms with Crippen LogP contribution in [0.2, 0.25) is 0 Å². The van der Waals surface area contributed by atoms with Crippen molar-refractivity contribution in [2.45, 2.75) is 46.6 Å². The first kappa shape index (κ1) is 15.6. The minimum atomic E-state index is -0.348. The molecule has 106 valence electrons. The lowest BCUT2D eigenvalue weighted by atomic mass is 9.98. The van der Waals surface area contributed by atoms with Gasteiger partial charge >= 0.3 is 0 Å². The highest BCUT2D eigenvalue weighted by atomic mass is 16.6. The van der Waals surface area contributed by atoms with Gasteiger partial charge in [-0.05, 0) is 31.9 Å². The highest BCUT2D eigenvalue weighted by molar-refractivity contribution is 5.36. The summed E-state index contributed by atoms with van der Waals surface area (Å²) < 4.78 is 0. The summed E-state index contributed by atoms with van der Waals surface area (Å²) >= 11 is 0. The lowest BCUT2D eigenvalue weighted by Crippen LogP contribution is -2.36. The number of pyridine rings is 1. The number of rotatable bonds is 7. The van der Waals surface area contributed by atoms with Crippen LogP contribution in [0, 0.1) is 23.0 Å². The second-order valence-corrected chi connectivity index (χ2v) is 5.18. The lowest BCUT2D eigenvalue weighted by molar-refractivity contribution is -0.386. The van der Waals surface area contributed by atoms with Gasteiger partial charge in [-0.2, -0.15) is 0 Å². The van der Waals surface area contributed by atoms with Crippen LogP contribution in [0.15, 0.2) is 12.1 Å². The smallest absolute Gasteiger partial charge is 0.290 e. The highest BCUT2D eigenvalue weighted by Gasteiger charge is 2.21. The third-order valence-corrected chi connectivity index (χ3v) is 3.16. The summed E-state index contributed by atoms with van der Waals surface area (Å²) in [5, 5.41) is 14.5. The Morgan fingerprint density at radius 1 is 1.42 bits per heavy atom. The summed E-state index contributed by atoms with van der Waals surface area (Å²) in [4.78, 5) is 15.0. The van der Waals surface area contributed by atoms with Crippen molar-refractivity contribution in [2.24, 2.45) is 5.92 Å². The average molecular weight is 265 g/mol. The molecular formula is C14H23N3O2. The van der Waals surface area contributed by atoms with E-state index in [9.17, 15) is 10.1 Å². The van der Waals surface area contributed by atoms with Crippen LogP contribution in [-0.4, -0.2) is 22.5 Å². The normalized spacial score (nSPS) is 12.7. The molecule has 0 amide bonds. The molecular weight excluding hydrogens is 242 g/mol. The molecule has 0 aliphatic carbocycles. The Balaban J connectivity index is 2.94. The topological polar surface area (TPSA) is 68.1 Å². The van der Waals surface area contributed by atoms with E-state index in [1.807, 2.05) is 6.92 Å². The molecule has 1 unspecified atom stereocenters. The third kappa shape index (κ3) is 4.59. The summed E-state index contributed by atoms with van der Waals surface area (Å²) in [5.74, 6) is 0.411. The fraction of sp³-hybridized carbons (Fsp3) is 0.643. The molecule has 0 aliphatic heterocycles. The van der Waals surface area contributed by atoms with Gasteiger partial charge in [-0.25, -0.2) is 0 Å². The molecule has 0 fully saturated rings. The van der Waals surface area contributed by atoms with Gasteiger partial charge in [0, 0.05) is 24.2 Å². The number of nitrogens with one attached hydrogen (secondary N) is 1. The van der Waals surface area contributed by atoms with E-state index >= 15 is 0 Å². The summed E-state index contributed by atoms with van der Waals surface area (Å²) in [6.45, 7) is 9.13. The summed E-state index contributed by atoms with van der Waals surface area (Å²) in [6, 6.07) is 3.45. The first-order valence-corrected chi connectivity index (χ1v) is 6.80. The molecule has 0 radical (unpaired) electrons. The Bertz CT molecular complexity index is 433. The predicted octanol–water partition coefficient (Wildman–Crippen LogP) is 2.86. The SMILES string of the molecule is CCCNC(Cc1nc(C)ccc1[N+](=O)[O-])C(C)C. The Hall–Kier alpha value is -1.49. The predicted molar refractivity (Wildman–Crippen MR) is 76.3 cm³/mol. The van der Waals surface area contributed by atoms with Crippen LogP contribution in [0.3, 0.4) is 0 Å². The van der Waals surface area contributed by atoms with Gasteiger partial charge in [0.1, 0.15) is 5.69 Å². The number of nitrogens with zero attached hydrogens (tertiary/aromatic N) is 2. The summed E-state index contributed by atoms with van der Waals surface area (Å²) in [5.41, 5.74) is 1.51. The van der Waals surface area contributed by atoms with Crippen molar-refractivity contribution in [2.75, 3.05) is 6.54 Å². The molecule has 1 rings (SSSR count). The molecule has 0 saturated heterocycles. The molecule has 1 N–H and O–H groups in total. The van der Waals surface area contributed by atoms with Crippen LogP contribution in [-0.2, 0) is 6.42 Å². The molecule has 0 aromatic carbocycles. The zero-order valence-corrected chi connectivity index (χ0v) is 12.1. The van der Waals surface area contributed by atoms with Gasteiger partial charge in [-0.1, -0.05) is 20.8 Å². The molecule has 19 heavy (non-hydrogen) atoms. The van der Waals surface area contributed by atoms with Gasteiger partial charge in [-0.3, -0.25) is 15.1 Å². The quantitative estimate of drug-likeness (QED) is 0.608. The van der Waals surface area contributed by atoms with Crippen molar-refractivity contribution in [1.82, 2.24) is 10.3 Å². The van der Waals surface area contributed by atoms with E-state index in [0.717, 1.165) is 18.7 Å². The van der Waals surface area contributed by atoms with Gasteiger partial charge in [0.2, 0.25) is 0 Å². The van der Waals surface area contributed by atoms with Crippen molar-refractivity contribution in [3.8, 4) is 0 Å². The standard InChI is InChI=1S/C14H23N3O2/c1-5-8-15-12(10(2)3)9-13-14(17(18)19)7-6-11(4)16-13/h6-7,10,12,15H,5,8-9H2,1-4H3. The fourth-order valence-corrected chi connectivity index (χ4v) is 2.00. The largest absolute Gasteiger partial charge is 0.313 e. The van der Waals surface area contributed by atoms with Crippen molar-refractivity contribution in [1.29, 1.82) is 0 Å². The van der Waals surface area contributed by atoms with Gasteiger partial charge in [0.05, 0.1) is 4.92 Å². The number of hydrogen-bond donors (Lipinski definition) is 1. The zero-order chi connectivity index (χ0) is 14.4. The molecule has 0 spiro atoms. The first-order chi connectivity index (χ1) is 8.95. The van der Waals surface area contributed by atoms with Gasteiger partial charge < -0.3 is 5.32 Å². The van der Waals surface area contributed by atoms with Crippen LogP contribution in [0.1, 0.15) is 38.6 Å². The molecule has 0 bridgehead atoms. The van der Waals surface area contributed by atoms with Crippen LogP contribution >= 0.6 is 0 Å². The first-order valence-electron chi connectivity index (χ1n) is 6.80. The Morgan fingerprint density at radius 3 is 2.63 bits per heavy atom. The Kier molecular flexibility index (Phi) is 5.89. The Morgan fingerprint density at radius 2 is 2.11 bits per heavy atom. The van der Waals surface area contributed by atoms with Gasteiger partial charge in [0.25, 0.3) is 5.69 Å². The van der Waals surface area contributed by atoms with Crippen LogP contribution in [0.25, 0.3) is 0 Å². The van der Waals surface area contributed by atoms with Crippen LogP contribution in [0.5, 0.6) is 0 Å². The number of aryl methyl sites for hydroxylation is 1. The summed E-state index contributed by atoms with van der Waals surface area (Å²) in [7, 11) is 0. The maximum atomic E-state index is 11.0. The van der Waals surface area contributed by atoms with Crippen LogP contribution < -0.4 is 5.32 Å². The maximum absolute atomic E-state index is 11.0. The molecule has 5 nitrogen and oxygen atoms in total. The third-order valence-electron chi connectivity index (χ3n) is 3.16. The Labute approximate surface area is 114 Å². The van der Waals surface area contributed by atoms with Crippen molar-refractivity contribution in [3.63, 3.8) is 0 Å². The van der Waals surface area contributed by atoms with E-state index in [2.05, 4.69) is 31.1 Å². The minimum Gasteiger partial charge on any atom is -0.313 e. The van der Waals surface area contributed by atoms with E-state index < -0.39 is 0 Å². The minimum absolute atomic E-state index is 0.120. The van der Waals surface area contributed by atoms with Crippen molar-refractivity contribution >= 4 is 5.69 Å². The van der Waals surface area contributed by atoms with E-state index in [4.69, 9.17) is 0 Å².